The normalized spacial score (nSPS) is 32.2. The molecule has 0 amide bonds. The lowest BCUT2D eigenvalue weighted by Gasteiger charge is -2.46. The second-order valence-corrected chi connectivity index (χ2v) is 4.06. The monoisotopic (exact) mass is 191 g/mol. The quantitative estimate of drug-likeness (QED) is 0.685. The Balaban J connectivity index is 0.000000720. The van der Waals surface area contributed by atoms with E-state index < -0.39 is 0 Å². The summed E-state index contributed by atoms with van der Waals surface area (Å²) in [5, 5.41) is 0. The summed E-state index contributed by atoms with van der Waals surface area (Å²) in [6, 6.07) is 0. The highest BCUT2D eigenvalue weighted by Gasteiger charge is 2.40. The van der Waals surface area contributed by atoms with Crippen molar-refractivity contribution in [2.75, 3.05) is 13.2 Å². The minimum atomic E-state index is 0. The predicted molar refractivity (Wildman–Crippen MR) is 51.6 cm³/mol. The Labute approximate surface area is 80.3 Å². The third kappa shape index (κ3) is 1.76. The summed E-state index contributed by atoms with van der Waals surface area (Å²) >= 11 is 0. The van der Waals surface area contributed by atoms with Gasteiger partial charge in [-0.15, -0.1) is 12.4 Å². The van der Waals surface area contributed by atoms with Crippen molar-refractivity contribution in [1.82, 2.24) is 0 Å². The molecule has 1 unspecified atom stereocenters. The Morgan fingerprint density at radius 3 is 2.42 bits per heavy atom. The third-order valence-electron chi connectivity index (χ3n) is 3.30. The molecule has 12 heavy (non-hydrogen) atoms. The fourth-order valence-electron chi connectivity index (χ4n) is 2.17. The maximum atomic E-state index is 5.66. The van der Waals surface area contributed by atoms with Crippen molar-refractivity contribution < 1.29 is 4.74 Å². The zero-order chi connectivity index (χ0) is 7.73. The van der Waals surface area contributed by atoms with Gasteiger partial charge in [0.15, 0.2) is 0 Å². The van der Waals surface area contributed by atoms with Gasteiger partial charge in [-0.05, 0) is 31.1 Å². The Kier molecular flexibility index (Phi) is 3.38. The number of halogens is 1. The molecular weight excluding hydrogens is 174 g/mol. The smallest absolute Gasteiger partial charge is 0.0697 e. The van der Waals surface area contributed by atoms with Gasteiger partial charge in [0.1, 0.15) is 0 Å². The van der Waals surface area contributed by atoms with Gasteiger partial charge < -0.3 is 10.5 Å². The molecule has 1 aliphatic carbocycles. The lowest BCUT2D eigenvalue weighted by molar-refractivity contribution is -0.0922. The van der Waals surface area contributed by atoms with Crippen LogP contribution in [0.4, 0.5) is 0 Å². The minimum absolute atomic E-state index is 0. The van der Waals surface area contributed by atoms with Crippen LogP contribution in [0, 0.1) is 5.41 Å². The zero-order valence-electron chi connectivity index (χ0n) is 7.42. The van der Waals surface area contributed by atoms with Crippen LogP contribution in [-0.2, 0) is 4.74 Å². The summed E-state index contributed by atoms with van der Waals surface area (Å²) in [7, 11) is 0. The van der Waals surface area contributed by atoms with Gasteiger partial charge in [0.25, 0.3) is 0 Å². The number of ether oxygens (including phenoxy) is 1. The van der Waals surface area contributed by atoms with Crippen LogP contribution >= 0.6 is 12.4 Å². The molecule has 0 bridgehead atoms. The Bertz CT molecular complexity index is 137. The van der Waals surface area contributed by atoms with Gasteiger partial charge in [-0.25, -0.2) is 0 Å². The van der Waals surface area contributed by atoms with E-state index in [-0.39, 0.29) is 12.4 Å². The van der Waals surface area contributed by atoms with Gasteiger partial charge in [0.05, 0.1) is 12.7 Å². The van der Waals surface area contributed by atoms with Crippen LogP contribution in [0.25, 0.3) is 0 Å². The molecule has 1 saturated carbocycles. The highest BCUT2D eigenvalue weighted by molar-refractivity contribution is 5.85. The molecule has 3 heteroatoms. The Hall–Kier alpha value is 0.210. The van der Waals surface area contributed by atoms with Crippen LogP contribution in [0.3, 0.4) is 0 Å². The summed E-state index contributed by atoms with van der Waals surface area (Å²) in [4.78, 5) is 0. The third-order valence-corrected chi connectivity index (χ3v) is 3.30. The average Bonchev–Trinajstić information content (AvgIpc) is 2.02. The van der Waals surface area contributed by atoms with Gasteiger partial charge in [0.2, 0.25) is 0 Å². The average molecular weight is 192 g/mol. The van der Waals surface area contributed by atoms with Crippen LogP contribution in [-0.4, -0.2) is 19.3 Å². The molecule has 1 heterocycles. The van der Waals surface area contributed by atoms with Crippen molar-refractivity contribution in [3.05, 3.63) is 0 Å². The first-order chi connectivity index (χ1) is 5.35. The number of nitrogens with two attached hydrogens (primary N) is 1. The largest absolute Gasteiger partial charge is 0.376 e. The second kappa shape index (κ2) is 3.95. The zero-order valence-corrected chi connectivity index (χ0v) is 8.24. The number of rotatable bonds is 1. The number of hydrogen-bond donors (Lipinski definition) is 1. The van der Waals surface area contributed by atoms with Crippen LogP contribution < -0.4 is 5.73 Å². The summed E-state index contributed by atoms with van der Waals surface area (Å²) in [6.45, 7) is 1.69. The SMILES string of the molecule is Cl.NCC1CCC2(CCC2)CO1. The molecule has 1 aliphatic heterocycles. The van der Waals surface area contributed by atoms with Crippen molar-refractivity contribution in [3.63, 3.8) is 0 Å². The minimum Gasteiger partial charge on any atom is -0.376 e. The van der Waals surface area contributed by atoms with Crippen LogP contribution in [0.5, 0.6) is 0 Å². The van der Waals surface area contributed by atoms with Gasteiger partial charge in [-0.1, -0.05) is 6.42 Å². The van der Waals surface area contributed by atoms with Crippen molar-refractivity contribution in [1.29, 1.82) is 0 Å². The standard InChI is InChI=1S/C9H17NO.ClH/c10-6-8-2-5-9(7-11-8)3-1-4-9;/h8H,1-7,10H2;1H. The molecule has 2 nitrogen and oxygen atoms in total. The first-order valence-electron chi connectivity index (χ1n) is 4.66. The van der Waals surface area contributed by atoms with E-state index in [0.29, 0.717) is 18.1 Å². The van der Waals surface area contributed by atoms with Gasteiger partial charge in [0, 0.05) is 6.54 Å². The first-order valence-corrected chi connectivity index (χ1v) is 4.66. The van der Waals surface area contributed by atoms with Gasteiger partial charge in [-0.3, -0.25) is 0 Å². The Morgan fingerprint density at radius 2 is 2.08 bits per heavy atom. The molecule has 1 saturated heterocycles. The molecule has 0 aromatic carbocycles. The van der Waals surface area contributed by atoms with Crippen LogP contribution in [0.2, 0.25) is 0 Å². The fourth-order valence-corrected chi connectivity index (χ4v) is 2.17. The highest BCUT2D eigenvalue weighted by Crippen LogP contribution is 2.47. The molecular formula is C9H18ClNO. The maximum absolute atomic E-state index is 5.66. The molecule has 2 fully saturated rings. The Morgan fingerprint density at radius 1 is 1.33 bits per heavy atom. The summed E-state index contributed by atoms with van der Waals surface area (Å²) in [5.74, 6) is 0. The van der Waals surface area contributed by atoms with E-state index in [1.54, 1.807) is 0 Å². The maximum Gasteiger partial charge on any atom is 0.0697 e. The summed E-state index contributed by atoms with van der Waals surface area (Å²) in [5.41, 5.74) is 6.13. The molecule has 1 spiro atoms. The molecule has 1 atom stereocenters. The van der Waals surface area contributed by atoms with E-state index >= 15 is 0 Å². The number of hydrogen-bond acceptors (Lipinski definition) is 2. The van der Waals surface area contributed by atoms with E-state index in [2.05, 4.69) is 0 Å². The molecule has 0 aromatic rings. The molecule has 0 aromatic heterocycles. The second-order valence-electron chi connectivity index (χ2n) is 4.06. The van der Waals surface area contributed by atoms with Crippen LogP contribution in [0.15, 0.2) is 0 Å². The molecule has 2 aliphatic rings. The topological polar surface area (TPSA) is 35.2 Å². The molecule has 2 N–H and O–H groups in total. The summed E-state index contributed by atoms with van der Waals surface area (Å²) in [6.07, 6.45) is 7.11. The molecule has 2 rings (SSSR count). The lowest BCUT2D eigenvalue weighted by Crippen LogP contribution is -2.43. The van der Waals surface area contributed by atoms with Gasteiger partial charge in [-0.2, -0.15) is 0 Å². The van der Waals surface area contributed by atoms with E-state index in [4.69, 9.17) is 10.5 Å². The molecule has 72 valence electrons. The lowest BCUT2D eigenvalue weighted by atomic mass is 9.65. The van der Waals surface area contributed by atoms with Crippen molar-refractivity contribution in [2.45, 2.75) is 38.2 Å². The van der Waals surface area contributed by atoms with Crippen molar-refractivity contribution in [3.8, 4) is 0 Å². The predicted octanol–water partition coefficient (Wildman–Crippen LogP) is 1.72. The van der Waals surface area contributed by atoms with E-state index in [1.165, 1.54) is 32.1 Å². The van der Waals surface area contributed by atoms with Gasteiger partial charge >= 0.3 is 0 Å². The molecule has 0 radical (unpaired) electrons. The first kappa shape index (κ1) is 10.3. The summed E-state index contributed by atoms with van der Waals surface area (Å²) < 4.78 is 5.66. The van der Waals surface area contributed by atoms with E-state index in [9.17, 15) is 0 Å². The van der Waals surface area contributed by atoms with Crippen LogP contribution in [0.1, 0.15) is 32.1 Å². The highest BCUT2D eigenvalue weighted by atomic mass is 35.5. The van der Waals surface area contributed by atoms with Crippen molar-refractivity contribution in [2.24, 2.45) is 11.1 Å². The van der Waals surface area contributed by atoms with E-state index in [0.717, 1.165) is 6.61 Å². The fraction of sp³-hybridized carbons (Fsp3) is 1.00. The van der Waals surface area contributed by atoms with Crippen molar-refractivity contribution >= 4 is 12.4 Å². The van der Waals surface area contributed by atoms with E-state index in [1.807, 2.05) is 0 Å².